The molecule has 0 bridgehead atoms. The number of aromatic nitrogens is 3. The second-order valence-corrected chi connectivity index (χ2v) is 6.22. The second-order valence-electron chi connectivity index (χ2n) is 5.88. The molecule has 19 heavy (non-hydrogen) atoms. The van der Waals surface area contributed by atoms with Crippen molar-refractivity contribution in [2.24, 2.45) is 11.3 Å². The van der Waals surface area contributed by atoms with Crippen LogP contribution in [-0.2, 0) is 6.54 Å². The SMILES string of the molecule is Clc1nnc(-c2ccccc2)n1CC1(C2CC2)CC1. The highest BCUT2D eigenvalue weighted by atomic mass is 35.5. The van der Waals surface area contributed by atoms with Crippen LogP contribution in [0.1, 0.15) is 25.7 Å². The first kappa shape index (κ1) is 11.5. The van der Waals surface area contributed by atoms with Crippen LogP contribution in [0.2, 0.25) is 5.28 Å². The van der Waals surface area contributed by atoms with Gasteiger partial charge in [0.05, 0.1) is 0 Å². The molecule has 0 radical (unpaired) electrons. The molecular formula is C15H16ClN3. The average molecular weight is 274 g/mol. The second kappa shape index (κ2) is 4.07. The summed E-state index contributed by atoms with van der Waals surface area (Å²) in [6.07, 6.45) is 5.45. The van der Waals surface area contributed by atoms with Gasteiger partial charge in [-0.2, -0.15) is 0 Å². The summed E-state index contributed by atoms with van der Waals surface area (Å²) in [5.74, 6) is 1.81. The van der Waals surface area contributed by atoms with E-state index >= 15 is 0 Å². The van der Waals surface area contributed by atoms with Crippen molar-refractivity contribution < 1.29 is 0 Å². The van der Waals surface area contributed by atoms with Gasteiger partial charge in [0.1, 0.15) is 0 Å². The monoisotopic (exact) mass is 273 g/mol. The average Bonchev–Trinajstić information content (AvgIpc) is 3.32. The molecule has 0 N–H and O–H groups in total. The minimum atomic E-state index is 0.496. The fourth-order valence-corrected chi connectivity index (χ4v) is 3.27. The molecule has 4 heteroatoms. The number of nitrogens with zero attached hydrogens (tertiary/aromatic N) is 3. The molecule has 0 aliphatic heterocycles. The van der Waals surface area contributed by atoms with E-state index in [1.165, 1.54) is 25.7 Å². The highest BCUT2D eigenvalue weighted by Crippen LogP contribution is 2.62. The fraction of sp³-hybridized carbons (Fsp3) is 0.467. The topological polar surface area (TPSA) is 30.7 Å². The third-order valence-electron chi connectivity index (χ3n) is 4.55. The zero-order chi connectivity index (χ0) is 12.9. The summed E-state index contributed by atoms with van der Waals surface area (Å²) in [5, 5.41) is 8.84. The lowest BCUT2D eigenvalue weighted by Gasteiger charge is -2.16. The summed E-state index contributed by atoms with van der Waals surface area (Å²) < 4.78 is 2.10. The Morgan fingerprint density at radius 2 is 1.89 bits per heavy atom. The van der Waals surface area contributed by atoms with Gasteiger partial charge in [-0.1, -0.05) is 30.3 Å². The van der Waals surface area contributed by atoms with Gasteiger partial charge in [0, 0.05) is 12.1 Å². The molecular weight excluding hydrogens is 258 g/mol. The number of rotatable bonds is 4. The van der Waals surface area contributed by atoms with Gasteiger partial charge in [-0.15, -0.1) is 10.2 Å². The number of hydrogen-bond donors (Lipinski definition) is 0. The molecule has 0 spiro atoms. The summed E-state index contributed by atoms with van der Waals surface area (Å²) in [5.41, 5.74) is 1.59. The molecule has 2 aliphatic carbocycles. The number of halogens is 1. The van der Waals surface area contributed by atoms with E-state index in [1.807, 2.05) is 18.2 Å². The summed E-state index contributed by atoms with van der Waals surface area (Å²) in [4.78, 5) is 0. The van der Waals surface area contributed by atoms with E-state index in [4.69, 9.17) is 11.6 Å². The van der Waals surface area contributed by atoms with Crippen molar-refractivity contribution in [1.82, 2.24) is 14.8 Å². The van der Waals surface area contributed by atoms with E-state index < -0.39 is 0 Å². The Morgan fingerprint density at radius 1 is 1.16 bits per heavy atom. The Kier molecular flexibility index (Phi) is 2.46. The van der Waals surface area contributed by atoms with Gasteiger partial charge in [-0.05, 0) is 48.6 Å². The third kappa shape index (κ3) is 1.96. The molecule has 2 aromatic rings. The third-order valence-corrected chi connectivity index (χ3v) is 4.83. The predicted octanol–water partition coefficient (Wildman–Crippen LogP) is 3.79. The highest BCUT2D eigenvalue weighted by molar-refractivity contribution is 6.28. The first-order chi connectivity index (χ1) is 9.28. The summed E-state index contributed by atoms with van der Waals surface area (Å²) >= 11 is 6.24. The summed E-state index contributed by atoms with van der Waals surface area (Å²) in [6, 6.07) is 10.2. The molecule has 2 aliphatic rings. The molecule has 0 saturated heterocycles. The van der Waals surface area contributed by atoms with Gasteiger partial charge < -0.3 is 0 Å². The van der Waals surface area contributed by atoms with Crippen molar-refractivity contribution in [3.63, 3.8) is 0 Å². The minimum Gasteiger partial charge on any atom is -0.297 e. The molecule has 1 aromatic heterocycles. The van der Waals surface area contributed by atoms with Crippen LogP contribution in [0.15, 0.2) is 30.3 Å². The smallest absolute Gasteiger partial charge is 0.225 e. The lowest BCUT2D eigenvalue weighted by atomic mass is 10.0. The van der Waals surface area contributed by atoms with Crippen LogP contribution in [0.5, 0.6) is 0 Å². The Labute approximate surface area is 117 Å². The normalized spacial score (nSPS) is 20.5. The van der Waals surface area contributed by atoms with Crippen molar-refractivity contribution in [2.45, 2.75) is 32.2 Å². The van der Waals surface area contributed by atoms with E-state index in [1.54, 1.807) is 0 Å². The summed E-state index contributed by atoms with van der Waals surface area (Å²) in [7, 11) is 0. The molecule has 0 amide bonds. The van der Waals surface area contributed by atoms with Gasteiger partial charge in [-0.3, -0.25) is 4.57 Å². The van der Waals surface area contributed by atoms with Gasteiger partial charge in [0.15, 0.2) is 5.82 Å². The molecule has 2 saturated carbocycles. The Hall–Kier alpha value is -1.35. The quantitative estimate of drug-likeness (QED) is 0.849. The first-order valence-electron chi connectivity index (χ1n) is 6.93. The molecule has 1 heterocycles. The van der Waals surface area contributed by atoms with E-state index in [0.717, 1.165) is 23.9 Å². The Bertz CT molecular complexity index is 597. The van der Waals surface area contributed by atoms with Gasteiger partial charge >= 0.3 is 0 Å². The van der Waals surface area contributed by atoms with Crippen molar-refractivity contribution >= 4 is 11.6 Å². The summed E-state index contributed by atoms with van der Waals surface area (Å²) in [6.45, 7) is 0.980. The zero-order valence-electron chi connectivity index (χ0n) is 10.7. The van der Waals surface area contributed by atoms with Crippen LogP contribution >= 0.6 is 11.6 Å². The van der Waals surface area contributed by atoms with Crippen molar-refractivity contribution in [3.05, 3.63) is 35.6 Å². The highest BCUT2D eigenvalue weighted by Gasteiger charge is 2.54. The van der Waals surface area contributed by atoms with Gasteiger partial charge in [-0.25, -0.2) is 0 Å². The Morgan fingerprint density at radius 3 is 2.53 bits per heavy atom. The molecule has 1 aromatic carbocycles. The van der Waals surface area contributed by atoms with Crippen LogP contribution in [0.4, 0.5) is 0 Å². The molecule has 4 rings (SSSR count). The molecule has 0 unspecified atom stereocenters. The molecule has 98 valence electrons. The lowest BCUT2D eigenvalue weighted by Crippen LogP contribution is -2.15. The Balaban J connectivity index is 1.70. The minimum absolute atomic E-state index is 0.496. The van der Waals surface area contributed by atoms with Gasteiger partial charge in [0.25, 0.3) is 0 Å². The van der Waals surface area contributed by atoms with Crippen molar-refractivity contribution in [3.8, 4) is 11.4 Å². The maximum atomic E-state index is 6.24. The van der Waals surface area contributed by atoms with Crippen LogP contribution < -0.4 is 0 Å². The first-order valence-corrected chi connectivity index (χ1v) is 7.30. The molecule has 0 atom stereocenters. The zero-order valence-corrected chi connectivity index (χ0v) is 11.5. The predicted molar refractivity (Wildman–Crippen MR) is 74.9 cm³/mol. The molecule has 3 nitrogen and oxygen atoms in total. The maximum absolute atomic E-state index is 6.24. The number of benzene rings is 1. The van der Waals surface area contributed by atoms with E-state index in [-0.39, 0.29) is 0 Å². The van der Waals surface area contributed by atoms with Crippen LogP contribution in [0.25, 0.3) is 11.4 Å². The van der Waals surface area contributed by atoms with Crippen molar-refractivity contribution in [2.75, 3.05) is 0 Å². The lowest BCUT2D eigenvalue weighted by molar-refractivity contribution is 0.371. The fourth-order valence-electron chi connectivity index (χ4n) is 3.09. The van der Waals surface area contributed by atoms with E-state index in [2.05, 4.69) is 26.9 Å². The van der Waals surface area contributed by atoms with Crippen LogP contribution in [0.3, 0.4) is 0 Å². The van der Waals surface area contributed by atoms with Gasteiger partial charge in [0.2, 0.25) is 5.28 Å². The van der Waals surface area contributed by atoms with E-state index in [0.29, 0.717) is 10.7 Å². The molecule has 2 fully saturated rings. The largest absolute Gasteiger partial charge is 0.297 e. The van der Waals surface area contributed by atoms with Crippen LogP contribution in [0, 0.1) is 11.3 Å². The van der Waals surface area contributed by atoms with E-state index in [9.17, 15) is 0 Å². The van der Waals surface area contributed by atoms with Crippen molar-refractivity contribution in [1.29, 1.82) is 0 Å². The number of hydrogen-bond acceptors (Lipinski definition) is 2. The standard InChI is InChI=1S/C15H16ClN3/c16-14-18-17-13(11-4-2-1-3-5-11)19(14)10-15(8-9-15)12-6-7-12/h1-5,12H,6-10H2. The van der Waals surface area contributed by atoms with Crippen LogP contribution in [-0.4, -0.2) is 14.8 Å². The maximum Gasteiger partial charge on any atom is 0.225 e.